The molecule has 178 valence electrons. The number of carbonyl (C=O) groups excluding carboxylic acids is 2. The van der Waals surface area contributed by atoms with Crippen LogP contribution in [0.15, 0.2) is 11.6 Å². The van der Waals surface area contributed by atoms with Gasteiger partial charge in [0.25, 0.3) is 0 Å². The summed E-state index contributed by atoms with van der Waals surface area (Å²) >= 11 is 0. The molecule has 9 atom stereocenters. The molecule has 0 aromatic heterocycles. The minimum Gasteiger partial charge on any atom is -0.458 e. The SMILES string of the molecule is CC(=O)O[C@H]1C[C@H]2[C@]3(C)CC[C@H]4C(C)(C)CCC[C@]4(C)[C@H]3C[C@@H](O)[C@]2(C)[C@H]2OC(=O)C=C12. The molecule has 5 rings (SSSR count). The molecule has 4 fully saturated rings. The number of fused-ring (bicyclic) bond motifs is 7. The summed E-state index contributed by atoms with van der Waals surface area (Å²) in [6.45, 7) is 13.3. The third-order valence-electron chi connectivity index (χ3n) is 11.1. The van der Waals surface area contributed by atoms with Crippen LogP contribution in [0.5, 0.6) is 0 Å². The summed E-state index contributed by atoms with van der Waals surface area (Å²) in [5.74, 6) is 0.463. The van der Waals surface area contributed by atoms with Crippen LogP contribution in [0.2, 0.25) is 0 Å². The van der Waals surface area contributed by atoms with Gasteiger partial charge in [-0.3, -0.25) is 4.79 Å². The minimum absolute atomic E-state index is 0.00553. The van der Waals surface area contributed by atoms with Gasteiger partial charge < -0.3 is 14.6 Å². The van der Waals surface area contributed by atoms with Crippen LogP contribution in [0, 0.1) is 39.4 Å². The van der Waals surface area contributed by atoms with Crippen LogP contribution in [0.4, 0.5) is 0 Å². The largest absolute Gasteiger partial charge is 0.458 e. The highest BCUT2D eigenvalue weighted by Crippen LogP contribution is 2.73. The molecule has 1 heterocycles. The lowest BCUT2D eigenvalue weighted by atomic mass is 9.35. The minimum atomic E-state index is -0.562. The molecule has 0 saturated heterocycles. The molecule has 4 aliphatic carbocycles. The number of ether oxygens (including phenoxy) is 2. The molecule has 5 aliphatic rings. The van der Waals surface area contributed by atoms with Crippen LogP contribution in [-0.4, -0.2) is 35.4 Å². The van der Waals surface area contributed by atoms with E-state index in [0.717, 1.165) is 18.4 Å². The fourth-order valence-electron chi connectivity index (χ4n) is 9.79. The topological polar surface area (TPSA) is 72.8 Å². The van der Waals surface area contributed by atoms with Crippen molar-refractivity contribution >= 4 is 11.9 Å². The van der Waals surface area contributed by atoms with Crippen LogP contribution >= 0.6 is 0 Å². The maximum absolute atomic E-state index is 12.3. The Balaban J connectivity index is 1.59. The molecule has 4 saturated carbocycles. The van der Waals surface area contributed by atoms with Gasteiger partial charge in [0.05, 0.1) is 6.10 Å². The van der Waals surface area contributed by atoms with E-state index in [4.69, 9.17) is 9.47 Å². The zero-order valence-corrected chi connectivity index (χ0v) is 20.6. The summed E-state index contributed by atoms with van der Waals surface area (Å²) in [5.41, 5.74) is 0.697. The molecule has 0 radical (unpaired) electrons. The summed E-state index contributed by atoms with van der Waals surface area (Å²) < 4.78 is 11.6. The van der Waals surface area contributed by atoms with E-state index < -0.39 is 23.7 Å². The Morgan fingerprint density at radius 1 is 1.03 bits per heavy atom. The first-order valence-electron chi connectivity index (χ1n) is 12.6. The van der Waals surface area contributed by atoms with E-state index >= 15 is 0 Å². The van der Waals surface area contributed by atoms with Gasteiger partial charge in [0.1, 0.15) is 12.2 Å². The quantitative estimate of drug-likeness (QED) is 0.588. The fraction of sp³-hybridized carbons (Fsp3) is 0.852. The molecular weight excluding hydrogens is 404 g/mol. The van der Waals surface area contributed by atoms with E-state index in [1.54, 1.807) is 0 Å². The molecule has 0 spiro atoms. The van der Waals surface area contributed by atoms with Gasteiger partial charge in [-0.1, -0.05) is 41.0 Å². The number of esters is 2. The van der Waals surface area contributed by atoms with Gasteiger partial charge in [-0.15, -0.1) is 0 Å². The van der Waals surface area contributed by atoms with Crippen LogP contribution in [0.3, 0.4) is 0 Å². The Kier molecular flexibility index (Phi) is 4.79. The van der Waals surface area contributed by atoms with Crippen molar-refractivity contribution in [3.63, 3.8) is 0 Å². The first-order chi connectivity index (χ1) is 14.8. The summed E-state index contributed by atoms with van der Waals surface area (Å²) in [7, 11) is 0. The maximum Gasteiger partial charge on any atom is 0.331 e. The lowest BCUT2D eigenvalue weighted by Gasteiger charge is -2.70. The number of hydrogen-bond acceptors (Lipinski definition) is 5. The van der Waals surface area contributed by atoms with E-state index in [1.165, 1.54) is 38.7 Å². The van der Waals surface area contributed by atoms with E-state index in [2.05, 4.69) is 34.6 Å². The zero-order valence-electron chi connectivity index (χ0n) is 20.6. The van der Waals surface area contributed by atoms with Gasteiger partial charge in [-0.2, -0.15) is 0 Å². The smallest absolute Gasteiger partial charge is 0.331 e. The Bertz CT molecular complexity index is 875. The van der Waals surface area contributed by atoms with Crippen LogP contribution < -0.4 is 0 Å². The summed E-state index contributed by atoms with van der Waals surface area (Å²) in [6, 6.07) is 0. The van der Waals surface area contributed by atoms with Crippen molar-refractivity contribution in [3.05, 3.63) is 11.6 Å². The predicted octanol–water partition coefficient (Wildman–Crippen LogP) is 4.81. The number of carbonyl (C=O) groups is 2. The number of aliphatic hydroxyl groups excluding tert-OH is 1. The first kappa shape index (κ1) is 22.4. The van der Waals surface area contributed by atoms with Gasteiger partial charge in [-0.25, -0.2) is 4.79 Å². The molecule has 0 aromatic rings. The first-order valence-corrected chi connectivity index (χ1v) is 12.6. The monoisotopic (exact) mass is 444 g/mol. The lowest BCUT2D eigenvalue weighted by molar-refractivity contribution is -0.254. The normalized spacial score (nSPS) is 51.3. The molecule has 1 aliphatic heterocycles. The molecule has 32 heavy (non-hydrogen) atoms. The van der Waals surface area contributed by atoms with E-state index in [-0.39, 0.29) is 28.7 Å². The van der Waals surface area contributed by atoms with Crippen molar-refractivity contribution in [2.75, 3.05) is 0 Å². The number of rotatable bonds is 1. The Morgan fingerprint density at radius 3 is 2.41 bits per heavy atom. The predicted molar refractivity (Wildman–Crippen MR) is 120 cm³/mol. The van der Waals surface area contributed by atoms with Crippen molar-refractivity contribution in [2.24, 2.45) is 39.4 Å². The third kappa shape index (κ3) is 2.78. The zero-order chi connectivity index (χ0) is 23.3. The molecule has 0 amide bonds. The average molecular weight is 445 g/mol. The molecule has 5 heteroatoms. The molecule has 0 aromatic carbocycles. The highest BCUT2D eigenvalue weighted by atomic mass is 16.6. The molecule has 0 bridgehead atoms. The highest BCUT2D eigenvalue weighted by molar-refractivity contribution is 5.86. The number of hydrogen-bond donors (Lipinski definition) is 1. The van der Waals surface area contributed by atoms with Gasteiger partial charge >= 0.3 is 11.9 Å². The summed E-state index contributed by atoms with van der Waals surface area (Å²) in [6.07, 6.45) is 7.45. The second kappa shape index (κ2) is 6.84. The van der Waals surface area contributed by atoms with E-state index in [1.807, 2.05) is 0 Å². The molecule has 5 nitrogen and oxygen atoms in total. The fourth-order valence-corrected chi connectivity index (χ4v) is 9.79. The second-order valence-electron chi connectivity index (χ2n) is 13.0. The van der Waals surface area contributed by atoms with Gasteiger partial charge in [0, 0.05) is 24.0 Å². The summed E-state index contributed by atoms with van der Waals surface area (Å²) in [4.78, 5) is 24.3. The molecular formula is C27H40O5. The Labute approximate surface area is 192 Å². The van der Waals surface area contributed by atoms with Crippen LogP contribution in [0.25, 0.3) is 0 Å². The highest BCUT2D eigenvalue weighted by Gasteiger charge is 2.70. The van der Waals surface area contributed by atoms with Crippen molar-refractivity contribution in [2.45, 2.75) is 105 Å². The van der Waals surface area contributed by atoms with Crippen molar-refractivity contribution < 1.29 is 24.2 Å². The molecule has 0 unspecified atom stereocenters. The standard InChI is InChI=1S/C27H40O5/c1-15(28)31-17-13-20-26(5)11-8-18-24(2,3)9-7-10-25(18,4)19(26)14-21(29)27(20,6)23-16(17)12-22(30)32-23/h12,17-21,23,29H,7-11,13-14H2,1-6H3/t17-,18-,19+,20-,21+,23-,25-,26+,27+/m0/s1. The van der Waals surface area contributed by atoms with Gasteiger partial charge in [0.2, 0.25) is 0 Å². The summed E-state index contributed by atoms with van der Waals surface area (Å²) in [5, 5.41) is 11.7. The second-order valence-corrected chi connectivity index (χ2v) is 13.0. The van der Waals surface area contributed by atoms with Gasteiger partial charge in [0.15, 0.2) is 0 Å². The van der Waals surface area contributed by atoms with Crippen molar-refractivity contribution in [1.29, 1.82) is 0 Å². The van der Waals surface area contributed by atoms with Crippen LogP contribution in [-0.2, 0) is 19.1 Å². The third-order valence-corrected chi connectivity index (χ3v) is 11.1. The van der Waals surface area contributed by atoms with Gasteiger partial charge in [-0.05, 0) is 72.5 Å². The van der Waals surface area contributed by atoms with E-state index in [9.17, 15) is 14.7 Å². The molecule has 1 N–H and O–H groups in total. The average Bonchev–Trinajstić information content (AvgIpc) is 3.08. The van der Waals surface area contributed by atoms with Crippen molar-refractivity contribution in [3.8, 4) is 0 Å². The lowest BCUT2D eigenvalue weighted by Crippen LogP contribution is -2.69. The van der Waals surface area contributed by atoms with Crippen molar-refractivity contribution in [1.82, 2.24) is 0 Å². The Hall–Kier alpha value is -1.36. The van der Waals surface area contributed by atoms with Crippen LogP contribution in [0.1, 0.15) is 86.5 Å². The Morgan fingerprint density at radius 2 is 1.72 bits per heavy atom. The maximum atomic E-state index is 12.3. The number of aliphatic hydroxyl groups is 1. The van der Waals surface area contributed by atoms with E-state index in [0.29, 0.717) is 23.7 Å².